The lowest BCUT2D eigenvalue weighted by Crippen LogP contribution is -2.48. The lowest BCUT2D eigenvalue weighted by Gasteiger charge is -2.56. The van der Waals surface area contributed by atoms with E-state index in [0.717, 1.165) is 35.4 Å². The van der Waals surface area contributed by atoms with Gasteiger partial charge in [0.1, 0.15) is 0 Å². The maximum Gasteiger partial charge on any atom is 0.239 e. The smallest absolute Gasteiger partial charge is 0.239 e. The first-order chi connectivity index (χ1) is 13.0. The van der Waals surface area contributed by atoms with Crippen molar-refractivity contribution in [1.82, 2.24) is 10.6 Å². The number of hydrogen-bond acceptors (Lipinski definition) is 3. The molecule has 4 fully saturated rings. The van der Waals surface area contributed by atoms with Gasteiger partial charge in [-0.25, -0.2) is 0 Å². The Morgan fingerprint density at radius 1 is 0.926 bits per heavy atom. The van der Waals surface area contributed by atoms with Gasteiger partial charge in [0.05, 0.1) is 6.54 Å². The summed E-state index contributed by atoms with van der Waals surface area (Å²) >= 11 is 0. The summed E-state index contributed by atoms with van der Waals surface area (Å²) in [7, 11) is 0. The summed E-state index contributed by atoms with van der Waals surface area (Å²) in [4.78, 5) is 24.5. The van der Waals surface area contributed by atoms with Crippen molar-refractivity contribution in [3.05, 3.63) is 29.8 Å². The molecule has 27 heavy (non-hydrogen) atoms. The molecule has 0 aromatic heterocycles. The van der Waals surface area contributed by atoms with E-state index < -0.39 is 0 Å². The van der Waals surface area contributed by atoms with Crippen molar-refractivity contribution in [1.29, 1.82) is 0 Å². The van der Waals surface area contributed by atoms with Crippen LogP contribution in [0.3, 0.4) is 0 Å². The number of nitrogen functional groups attached to an aromatic ring is 1. The van der Waals surface area contributed by atoms with Gasteiger partial charge in [-0.3, -0.25) is 9.59 Å². The predicted octanol–water partition coefficient (Wildman–Crippen LogP) is 2.65. The standard InChI is InChI=1S/C22H31N3O2/c23-19-3-1-15(2-4-19)5-6-24-21(27)14-25-20(26)13-22-10-16-7-17(11-22)9-18(8-16)12-22/h1-4,16-18H,5-14,23H2,(H,24,27)(H,25,26). The molecule has 5 nitrogen and oxygen atoms in total. The van der Waals surface area contributed by atoms with Crippen LogP contribution in [-0.4, -0.2) is 24.9 Å². The zero-order valence-electron chi connectivity index (χ0n) is 16.0. The normalized spacial score (nSPS) is 30.9. The number of carbonyl (C=O) groups is 2. The molecule has 4 aliphatic rings. The summed E-state index contributed by atoms with van der Waals surface area (Å²) in [5.74, 6) is 2.47. The van der Waals surface area contributed by atoms with E-state index in [1.807, 2.05) is 24.3 Å². The van der Waals surface area contributed by atoms with E-state index in [1.165, 1.54) is 38.5 Å². The second kappa shape index (κ2) is 7.53. The molecule has 0 heterocycles. The van der Waals surface area contributed by atoms with Gasteiger partial charge in [0, 0.05) is 18.7 Å². The molecule has 0 aliphatic heterocycles. The number of carbonyl (C=O) groups excluding carboxylic acids is 2. The van der Waals surface area contributed by atoms with E-state index in [-0.39, 0.29) is 23.8 Å². The summed E-state index contributed by atoms with van der Waals surface area (Å²) in [6.07, 6.45) is 9.19. The lowest BCUT2D eigenvalue weighted by atomic mass is 9.49. The van der Waals surface area contributed by atoms with Crippen molar-refractivity contribution in [2.75, 3.05) is 18.8 Å². The van der Waals surface area contributed by atoms with Crippen LogP contribution in [0.15, 0.2) is 24.3 Å². The molecule has 0 saturated heterocycles. The number of amides is 2. The number of hydrogen-bond donors (Lipinski definition) is 3. The van der Waals surface area contributed by atoms with Gasteiger partial charge in [-0.05, 0) is 85.8 Å². The Hall–Kier alpha value is -2.04. The van der Waals surface area contributed by atoms with Gasteiger partial charge >= 0.3 is 0 Å². The van der Waals surface area contributed by atoms with Crippen molar-refractivity contribution < 1.29 is 9.59 Å². The molecule has 4 N–H and O–H groups in total. The molecule has 0 atom stereocenters. The summed E-state index contributed by atoms with van der Waals surface area (Å²) in [6.45, 7) is 0.639. The average molecular weight is 370 g/mol. The largest absolute Gasteiger partial charge is 0.399 e. The van der Waals surface area contributed by atoms with E-state index in [0.29, 0.717) is 13.0 Å². The van der Waals surface area contributed by atoms with E-state index in [2.05, 4.69) is 10.6 Å². The van der Waals surface area contributed by atoms with Crippen LogP contribution in [0, 0.1) is 23.2 Å². The molecule has 5 rings (SSSR count). The van der Waals surface area contributed by atoms with Crippen molar-refractivity contribution in [3.8, 4) is 0 Å². The zero-order valence-corrected chi connectivity index (χ0v) is 16.0. The van der Waals surface area contributed by atoms with Crippen molar-refractivity contribution >= 4 is 17.5 Å². The summed E-state index contributed by atoms with van der Waals surface area (Å²) in [5, 5.41) is 5.72. The first-order valence-corrected chi connectivity index (χ1v) is 10.4. The molecule has 2 amide bonds. The Morgan fingerprint density at radius 3 is 2.11 bits per heavy atom. The van der Waals surface area contributed by atoms with Crippen LogP contribution >= 0.6 is 0 Å². The summed E-state index contributed by atoms with van der Waals surface area (Å²) in [6, 6.07) is 7.66. The maximum absolute atomic E-state index is 12.5. The fourth-order valence-corrected chi connectivity index (χ4v) is 6.18. The Balaban J connectivity index is 1.17. The van der Waals surface area contributed by atoms with E-state index in [9.17, 15) is 9.59 Å². The van der Waals surface area contributed by atoms with E-state index in [1.54, 1.807) is 0 Å². The van der Waals surface area contributed by atoms with Crippen molar-refractivity contribution in [2.24, 2.45) is 23.2 Å². The minimum atomic E-state index is -0.121. The first kappa shape index (κ1) is 18.3. The SMILES string of the molecule is Nc1ccc(CCNC(=O)CNC(=O)CC23CC4CC(CC(C4)C2)C3)cc1. The molecule has 1 aromatic rings. The second-order valence-corrected chi connectivity index (χ2v) is 9.21. The number of benzene rings is 1. The fourth-order valence-electron chi connectivity index (χ4n) is 6.18. The molecular formula is C22H31N3O2. The number of nitrogens with two attached hydrogens (primary N) is 1. The molecule has 1 aromatic carbocycles. The second-order valence-electron chi connectivity index (χ2n) is 9.21. The summed E-state index contributed by atoms with van der Waals surface area (Å²) < 4.78 is 0. The monoisotopic (exact) mass is 369 g/mol. The van der Waals surface area contributed by atoms with Gasteiger partial charge < -0.3 is 16.4 Å². The van der Waals surface area contributed by atoms with Crippen LogP contribution in [-0.2, 0) is 16.0 Å². The third kappa shape index (κ3) is 4.45. The van der Waals surface area contributed by atoms with Gasteiger partial charge in [0.25, 0.3) is 0 Å². The maximum atomic E-state index is 12.5. The van der Waals surface area contributed by atoms with Crippen LogP contribution in [0.25, 0.3) is 0 Å². The molecule has 4 bridgehead atoms. The average Bonchev–Trinajstić information content (AvgIpc) is 2.60. The lowest BCUT2D eigenvalue weighted by molar-refractivity contribution is -0.131. The van der Waals surface area contributed by atoms with Gasteiger partial charge in [-0.1, -0.05) is 12.1 Å². The third-order valence-electron chi connectivity index (χ3n) is 6.86. The fraction of sp³-hybridized carbons (Fsp3) is 0.636. The molecule has 0 unspecified atom stereocenters. The summed E-state index contributed by atoms with van der Waals surface area (Å²) in [5.41, 5.74) is 7.77. The van der Waals surface area contributed by atoms with Gasteiger partial charge in [-0.2, -0.15) is 0 Å². The molecule has 5 heteroatoms. The molecular weight excluding hydrogens is 338 g/mol. The van der Waals surface area contributed by atoms with Crippen LogP contribution in [0.2, 0.25) is 0 Å². The highest BCUT2D eigenvalue weighted by Gasteiger charge is 2.51. The Bertz CT molecular complexity index is 663. The predicted molar refractivity (Wildman–Crippen MR) is 106 cm³/mol. The van der Waals surface area contributed by atoms with Crippen LogP contribution in [0.5, 0.6) is 0 Å². The number of anilines is 1. The highest BCUT2D eigenvalue weighted by atomic mass is 16.2. The van der Waals surface area contributed by atoms with Crippen molar-refractivity contribution in [2.45, 2.75) is 51.4 Å². The van der Waals surface area contributed by atoms with E-state index in [4.69, 9.17) is 5.73 Å². The minimum Gasteiger partial charge on any atom is -0.399 e. The number of nitrogens with one attached hydrogen (secondary N) is 2. The Kier molecular flexibility index (Phi) is 5.11. The van der Waals surface area contributed by atoms with Crippen molar-refractivity contribution in [3.63, 3.8) is 0 Å². The highest BCUT2D eigenvalue weighted by Crippen LogP contribution is 2.61. The zero-order chi connectivity index (χ0) is 18.9. The molecule has 0 radical (unpaired) electrons. The van der Waals surface area contributed by atoms with Gasteiger partial charge in [0.2, 0.25) is 11.8 Å². The number of rotatable bonds is 7. The Morgan fingerprint density at radius 2 is 1.52 bits per heavy atom. The van der Waals surface area contributed by atoms with Crippen LogP contribution in [0.1, 0.15) is 50.5 Å². The molecule has 146 valence electrons. The van der Waals surface area contributed by atoms with Gasteiger partial charge in [-0.15, -0.1) is 0 Å². The minimum absolute atomic E-state index is 0.0469. The first-order valence-electron chi connectivity index (χ1n) is 10.4. The Labute approximate surface area is 161 Å². The highest BCUT2D eigenvalue weighted by molar-refractivity contribution is 5.84. The molecule has 0 spiro atoms. The molecule has 4 saturated carbocycles. The topological polar surface area (TPSA) is 84.2 Å². The molecule has 4 aliphatic carbocycles. The van der Waals surface area contributed by atoms with Crippen LogP contribution in [0.4, 0.5) is 5.69 Å². The van der Waals surface area contributed by atoms with Crippen LogP contribution < -0.4 is 16.4 Å². The van der Waals surface area contributed by atoms with Gasteiger partial charge in [0.15, 0.2) is 0 Å². The quantitative estimate of drug-likeness (QED) is 0.646. The van der Waals surface area contributed by atoms with E-state index >= 15 is 0 Å². The third-order valence-corrected chi connectivity index (χ3v) is 6.86.